The lowest BCUT2D eigenvalue weighted by molar-refractivity contribution is -0.159. The number of rotatable bonds is 4. The number of phenols is 1. The molecule has 0 unspecified atom stereocenters. The normalized spacial score (nSPS) is 24.8. The van der Waals surface area contributed by atoms with Gasteiger partial charge in [0.25, 0.3) is 5.56 Å². The van der Waals surface area contributed by atoms with Crippen molar-refractivity contribution in [3.63, 3.8) is 0 Å². The van der Waals surface area contributed by atoms with E-state index in [-0.39, 0.29) is 30.1 Å². The Hall–Kier alpha value is -2.74. The maximum absolute atomic E-state index is 12.7. The number of nitrogens with one attached hydrogen (secondary N) is 2. The number of H-pyrrole nitrogens is 2. The fourth-order valence-corrected chi connectivity index (χ4v) is 3.75. The number of hydrogen-bond donors (Lipinski definition) is 4. The summed E-state index contributed by atoms with van der Waals surface area (Å²) in [6.07, 6.45) is 0.100. The molecule has 0 saturated heterocycles. The molecule has 4 N–H and O–H groups in total. The molecule has 1 aliphatic rings. The highest BCUT2D eigenvalue weighted by atomic mass is 16.5. The molecule has 140 valence electrons. The average molecular weight is 362 g/mol. The lowest BCUT2D eigenvalue weighted by Gasteiger charge is -2.40. The number of aliphatic hydroxyl groups is 1. The molecule has 1 aliphatic carbocycles. The second-order valence-corrected chi connectivity index (χ2v) is 6.64. The second kappa shape index (κ2) is 6.53. The summed E-state index contributed by atoms with van der Waals surface area (Å²) in [5.74, 6) is -2.22. The first kappa shape index (κ1) is 18.1. The average Bonchev–Trinajstić information content (AvgIpc) is 2.93. The van der Waals surface area contributed by atoms with Gasteiger partial charge in [-0.25, -0.2) is 0 Å². The van der Waals surface area contributed by atoms with Crippen LogP contribution < -0.4 is 10.3 Å². The Morgan fingerprint density at radius 3 is 2.73 bits per heavy atom. The standard InChI is InChI=1S/C18H22N2O6/c1-4-26-17(23)15-13(9-5-6-12(25-3)11(21)7-9)14-10(8-18(15,2)24)19-20-16(14)22/h5-7,13,15,21,24H,4,8H2,1-3H3,(H2,19,20,22)/t13-,15+,18-/m1/s1. The smallest absolute Gasteiger partial charge is 0.312 e. The summed E-state index contributed by atoms with van der Waals surface area (Å²) in [6, 6.07) is 4.65. The molecule has 0 fully saturated rings. The molecule has 1 aromatic heterocycles. The van der Waals surface area contributed by atoms with Crippen molar-refractivity contribution in [3.8, 4) is 11.5 Å². The Morgan fingerprint density at radius 2 is 2.12 bits per heavy atom. The van der Waals surface area contributed by atoms with Crippen LogP contribution in [-0.2, 0) is 16.0 Å². The largest absolute Gasteiger partial charge is 0.504 e. The van der Waals surface area contributed by atoms with Crippen LogP contribution in [0.4, 0.5) is 0 Å². The van der Waals surface area contributed by atoms with Gasteiger partial charge in [0.1, 0.15) is 0 Å². The van der Waals surface area contributed by atoms with Gasteiger partial charge in [0.05, 0.1) is 25.2 Å². The highest BCUT2D eigenvalue weighted by Gasteiger charge is 2.51. The predicted molar refractivity (Wildman–Crippen MR) is 92.4 cm³/mol. The molecule has 8 nitrogen and oxygen atoms in total. The maximum atomic E-state index is 12.7. The summed E-state index contributed by atoms with van der Waals surface area (Å²) in [5.41, 5.74) is -0.414. The van der Waals surface area contributed by atoms with E-state index in [2.05, 4.69) is 10.2 Å². The first-order valence-electron chi connectivity index (χ1n) is 8.35. The molecule has 2 aromatic rings. The Bertz CT molecular complexity index is 882. The fraction of sp³-hybridized carbons (Fsp3) is 0.444. The van der Waals surface area contributed by atoms with E-state index < -0.39 is 23.4 Å². The van der Waals surface area contributed by atoms with E-state index in [0.717, 1.165) is 0 Å². The SMILES string of the molecule is CCOC(=O)[C@@H]1[C@H](c2ccc(OC)c(O)c2)c2c([nH][nH]c2=O)C[C@@]1(C)O. The van der Waals surface area contributed by atoms with Crippen LogP contribution in [0.25, 0.3) is 0 Å². The number of fused-ring (bicyclic) bond motifs is 1. The molecule has 1 aromatic carbocycles. The molecule has 26 heavy (non-hydrogen) atoms. The zero-order valence-electron chi connectivity index (χ0n) is 14.8. The number of carbonyl (C=O) groups is 1. The molecule has 1 heterocycles. The summed E-state index contributed by atoms with van der Waals surface area (Å²) in [5, 5.41) is 26.4. The maximum Gasteiger partial charge on any atom is 0.312 e. The molecule has 3 atom stereocenters. The summed E-state index contributed by atoms with van der Waals surface area (Å²) in [6.45, 7) is 3.37. The van der Waals surface area contributed by atoms with Crippen molar-refractivity contribution in [2.45, 2.75) is 31.8 Å². The van der Waals surface area contributed by atoms with E-state index in [0.29, 0.717) is 16.8 Å². The third-order valence-electron chi connectivity index (χ3n) is 4.85. The Labute approximate surface area is 149 Å². The molecule has 3 rings (SSSR count). The van der Waals surface area contributed by atoms with Gasteiger partial charge in [-0.15, -0.1) is 0 Å². The van der Waals surface area contributed by atoms with E-state index in [1.54, 1.807) is 26.0 Å². The third-order valence-corrected chi connectivity index (χ3v) is 4.85. The van der Waals surface area contributed by atoms with Crippen LogP contribution in [-0.4, -0.2) is 45.7 Å². The lowest BCUT2D eigenvalue weighted by Crippen LogP contribution is -2.50. The zero-order chi connectivity index (χ0) is 19.1. The van der Waals surface area contributed by atoms with E-state index in [9.17, 15) is 19.8 Å². The van der Waals surface area contributed by atoms with Crippen LogP contribution >= 0.6 is 0 Å². The first-order chi connectivity index (χ1) is 12.3. The van der Waals surface area contributed by atoms with Crippen LogP contribution in [0.1, 0.15) is 36.6 Å². The van der Waals surface area contributed by atoms with Gasteiger partial charge < -0.3 is 24.8 Å². The number of aromatic amines is 2. The summed E-state index contributed by atoms with van der Waals surface area (Å²) in [4.78, 5) is 25.0. The van der Waals surface area contributed by atoms with Crippen molar-refractivity contribution in [1.82, 2.24) is 10.2 Å². The number of esters is 1. The molecule has 0 aliphatic heterocycles. The number of aromatic hydroxyl groups is 1. The molecular weight excluding hydrogens is 340 g/mol. The first-order valence-corrected chi connectivity index (χ1v) is 8.35. The summed E-state index contributed by atoms with van der Waals surface area (Å²) < 4.78 is 10.2. The van der Waals surface area contributed by atoms with Crippen molar-refractivity contribution >= 4 is 5.97 Å². The number of hydrogen-bond acceptors (Lipinski definition) is 6. The van der Waals surface area contributed by atoms with Gasteiger partial charge in [-0.1, -0.05) is 6.07 Å². The zero-order valence-corrected chi connectivity index (χ0v) is 14.8. The van der Waals surface area contributed by atoms with E-state index in [1.807, 2.05) is 0 Å². The minimum atomic E-state index is -1.44. The number of ether oxygens (including phenoxy) is 2. The van der Waals surface area contributed by atoms with Gasteiger partial charge >= 0.3 is 5.97 Å². The van der Waals surface area contributed by atoms with Crippen molar-refractivity contribution in [1.29, 1.82) is 0 Å². The van der Waals surface area contributed by atoms with Gasteiger partial charge in [-0.05, 0) is 31.5 Å². The highest BCUT2D eigenvalue weighted by Crippen LogP contribution is 2.45. The van der Waals surface area contributed by atoms with Crippen LogP contribution in [0.2, 0.25) is 0 Å². The Kier molecular flexibility index (Phi) is 4.53. The molecule has 0 spiro atoms. The highest BCUT2D eigenvalue weighted by molar-refractivity contribution is 5.77. The van der Waals surface area contributed by atoms with Crippen molar-refractivity contribution in [3.05, 3.63) is 45.4 Å². The number of benzene rings is 1. The van der Waals surface area contributed by atoms with Gasteiger partial charge in [0, 0.05) is 23.6 Å². The van der Waals surface area contributed by atoms with Gasteiger partial charge in [0.2, 0.25) is 0 Å². The van der Waals surface area contributed by atoms with E-state index in [1.165, 1.54) is 13.2 Å². The van der Waals surface area contributed by atoms with Crippen LogP contribution in [0.3, 0.4) is 0 Å². The molecule has 0 radical (unpaired) electrons. The number of methoxy groups -OCH3 is 1. The Morgan fingerprint density at radius 1 is 1.38 bits per heavy atom. The van der Waals surface area contributed by atoms with Gasteiger partial charge in [-0.2, -0.15) is 0 Å². The van der Waals surface area contributed by atoms with E-state index >= 15 is 0 Å². The molecule has 0 saturated carbocycles. The molecular formula is C18H22N2O6. The van der Waals surface area contributed by atoms with Crippen LogP contribution in [0.5, 0.6) is 11.5 Å². The summed E-state index contributed by atoms with van der Waals surface area (Å²) >= 11 is 0. The molecule has 0 bridgehead atoms. The number of carbonyl (C=O) groups excluding carboxylic acids is 1. The van der Waals surface area contributed by atoms with Crippen molar-refractivity contribution < 1.29 is 24.5 Å². The topological polar surface area (TPSA) is 125 Å². The van der Waals surface area contributed by atoms with E-state index in [4.69, 9.17) is 9.47 Å². The van der Waals surface area contributed by atoms with Gasteiger partial charge in [0.15, 0.2) is 11.5 Å². The van der Waals surface area contributed by atoms with Crippen molar-refractivity contribution in [2.75, 3.05) is 13.7 Å². The number of aromatic nitrogens is 2. The third kappa shape index (κ3) is 2.86. The quantitative estimate of drug-likeness (QED) is 0.602. The lowest BCUT2D eigenvalue weighted by atomic mass is 9.66. The summed E-state index contributed by atoms with van der Waals surface area (Å²) in [7, 11) is 1.43. The molecule has 0 amide bonds. The van der Waals surface area contributed by atoms with Crippen molar-refractivity contribution in [2.24, 2.45) is 5.92 Å². The predicted octanol–water partition coefficient (Wildman–Crippen LogP) is 1.04. The minimum absolute atomic E-state index is 0.100. The monoisotopic (exact) mass is 362 g/mol. The minimum Gasteiger partial charge on any atom is -0.504 e. The van der Waals surface area contributed by atoms with Crippen LogP contribution in [0.15, 0.2) is 23.0 Å². The van der Waals surface area contributed by atoms with Gasteiger partial charge in [-0.3, -0.25) is 14.7 Å². The fourth-order valence-electron chi connectivity index (χ4n) is 3.75. The molecule has 8 heteroatoms. The second-order valence-electron chi connectivity index (χ2n) is 6.64. The van der Waals surface area contributed by atoms with Crippen LogP contribution in [0, 0.1) is 5.92 Å². The Balaban J connectivity index is 2.21. The number of phenolic OH excluding ortho intramolecular Hbond substituents is 1.